The molecule has 2 aromatic rings. The number of benzene rings is 2. The standard InChI is InChI=1S/C25H27N3O6/c1-17-8-7-9-18(14-17)15-33-20-11-4-3-10-19(20)22(30)34-16-21(29)27-28-23(31)25(26-24(28)32)12-5-2-6-13-25/h3-4,7-11,14H,2,5-6,12-13,15-16H2,1H3,(H,26,32)(H,27,29). The molecule has 4 amide bonds. The fraction of sp³-hybridized carbons (Fsp3) is 0.360. The number of hydrogen-bond acceptors (Lipinski definition) is 6. The largest absolute Gasteiger partial charge is 0.488 e. The summed E-state index contributed by atoms with van der Waals surface area (Å²) in [6, 6.07) is 13.7. The fourth-order valence-electron chi connectivity index (χ4n) is 4.31. The van der Waals surface area contributed by atoms with E-state index in [0.717, 1.165) is 30.4 Å². The summed E-state index contributed by atoms with van der Waals surface area (Å²) in [6.07, 6.45) is 3.74. The lowest BCUT2D eigenvalue weighted by Gasteiger charge is -2.30. The number of carbonyl (C=O) groups is 4. The number of aryl methyl sites for hydroxylation is 1. The van der Waals surface area contributed by atoms with E-state index in [2.05, 4.69) is 10.7 Å². The number of esters is 1. The van der Waals surface area contributed by atoms with Gasteiger partial charge >= 0.3 is 12.0 Å². The van der Waals surface area contributed by atoms with Crippen LogP contribution in [0.5, 0.6) is 5.75 Å². The van der Waals surface area contributed by atoms with Gasteiger partial charge in [-0.15, -0.1) is 0 Å². The van der Waals surface area contributed by atoms with Crippen molar-refractivity contribution in [2.24, 2.45) is 0 Å². The number of amides is 4. The molecule has 1 spiro atoms. The van der Waals surface area contributed by atoms with Crippen molar-refractivity contribution in [3.05, 3.63) is 65.2 Å². The molecule has 9 nitrogen and oxygen atoms in total. The van der Waals surface area contributed by atoms with Crippen LogP contribution < -0.4 is 15.5 Å². The maximum atomic E-state index is 12.7. The molecule has 1 saturated carbocycles. The predicted octanol–water partition coefficient (Wildman–Crippen LogP) is 3.02. The van der Waals surface area contributed by atoms with Crippen LogP contribution in [-0.2, 0) is 20.9 Å². The lowest BCUT2D eigenvalue weighted by Crippen LogP contribution is -2.51. The smallest absolute Gasteiger partial charge is 0.344 e. The third kappa shape index (κ3) is 5.03. The lowest BCUT2D eigenvalue weighted by molar-refractivity contribution is -0.140. The first-order valence-corrected chi connectivity index (χ1v) is 11.3. The van der Waals surface area contributed by atoms with Crippen LogP contribution in [-0.4, -0.2) is 41.0 Å². The summed E-state index contributed by atoms with van der Waals surface area (Å²) in [5, 5.41) is 3.38. The van der Waals surface area contributed by atoms with Crippen molar-refractivity contribution in [2.75, 3.05) is 6.61 Å². The van der Waals surface area contributed by atoms with Gasteiger partial charge in [-0.05, 0) is 37.5 Å². The summed E-state index contributed by atoms with van der Waals surface area (Å²) in [6.45, 7) is 1.59. The van der Waals surface area contributed by atoms with E-state index >= 15 is 0 Å². The number of urea groups is 1. The van der Waals surface area contributed by atoms with Crippen molar-refractivity contribution >= 4 is 23.8 Å². The molecule has 0 aromatic heterocycles. The second kappa shape index (κ2) is 9.94. The third-order valence-corrected chi connectivity index (χ3v) is 6.02. The van der Waals surface area contributed by atoms with E-state index < -0.39 is 36.0 Å². The quantitative estimate of drug-likeness (QED) is 0.480. The van der Waals surface area contributed by atoms with Crippen molar-refractivity contribution in [1.82, 2.24) is 15.8 Å². The number of hydrogen-bond donors (Lipinski definition) is 2. The molecule has 1 saturated heterocycles. The SMILES string of the molecule is Cc1cccc(COc2ccccc2C(=O)OCC(=O)NN2C(=O)NC3(CCCCC3)C2=O)c1. The van der Waals surface area contributed by atoms with Crippen molar-refractivity contribution in [3.8, 4) is 5.75 Å². The molecular formula is C25H27N3O6. The molecule has 0 bridgehead atoms. The number of ether oxygens (including phenoxy) is 2. The maximum Gasteiger partial charge on any atom is 0.344 e. The molecule has 0 radical (unpaired) electrons. The topological polar surface area (TPSA) is 114 Å². The first kappa shape index (κ1) is 23.3. The van der Waals surface area contributed by atoms with Gasteiger partial charge in [0, 0.05) is 0 Å². The van der Waals surface area contributed by atoms with Gasteiger partial charge in [0.05, 0.1) is 0 Å². The highest BCUT2D eigenvalue weighted by atomic mass is 16.5. The van der Waals surface area contributed by atoms with Crippen LogP contribution in [0.15, 0.2) is 48.5 Å². The zero-order chi connectivity index (χ0) is 24.1. The summed E-state index contributed by atoms with van der Waals surface area (Å²) < 4.78 is 10.9. The van der Waals surface area contributed by atoms with Crippen molar-refractivity contribution in [3.63, 3.8) is 0 Å². The Bertz CT molecular complexity index is 1110. The van der Waals surface area contributed by atoms with Gasteiger partial charge in [-0.25, -0.2) is 9.59 Å². The minimum Gasteiger partial charge on any atom is -0.488 e. The summed E-state index contributed by atoms with van der Waals surface area (Å²) in [5.41, 5.74) is 3.51. The third-order valence-electron chi connectivity index (χ3n) is 6.02. The zero-order valence-corrected chi connectivity index (χ0v) is 19.0. The maximum absolute atomic E-state index is 12.7. The second-order valence-electron chi connectivity index (χ2n) is 8.60. The molecule has 2 fully saturated rings. The van der Waals surface area contributed by atoms with E-state index in [-0.39, 0.29) is 12.2 Å². The van der Waals surface area contributed by atoms with Gasteiger partial charge in [0.15, 0.2) is 6.61 Å². The molecule has 2 aromatic carbocycles. The van der Waals surface area contributed by atoms with Crippen LogP contribution in [0.2, 0.25) is 0 Å². The van der Waals surface area contributed by atoms with Gasteiger partial charge in [0.25, 0.3) is 11.8 Å². The van der Waals surface area contributed by atoms with Gasteiger partial charge in [0.1, 0.15) is 23.5 Å². The normalized spacial score (nSPS) is 16.8. The number of hydrazine groups is 1. The predicted molar refractivity (Wildman–Crippen MR) is 122 cm³/mol. The van der Waals surface area contributed by atoms with E-state index in [1.807, 2.05) is 31.2 Å². The number of para-hydroxylation sites is 1. The van der Waals surface area contributed by atoms with Crippen LogP contribution in [0.1, 0.15) is 53.6 Å². The van der Waals surface area contributed by atoms with Gasteiger partial charge in [-0.2, -0.15) is 5.01 Å². The van der Waals surface area contributed by atoms with Gasteiger partial charge in [-0.3, -0.25) is 15.0 Å². The Morgan fingerprint density at radius 3 is 2.59 bits per heavy atom. The number of rotatable bonds is 7. The highest BCUT2D eigenvalue weighted by Crippen LogP contribution is 2.33. The molecular weight excluding hydrogens is 438 g/mol. The monoisotopic (exact) mass is 465 g/mol. The number of imide groups is 1. The van der Waals surface area contributed by atoms with Crippen LogP contribution >= 0.6 is 0 Å². The summed E-state index contributed by atoms with van der Waals surface area (Å²) in [4.78, 5) is 49.9. The molecule has 1 aliphatic carbocycles. The molecule has 2 N–H and O–H groups in total. The van der Waals surface area contributed by atoms with E-state index in [9.17, 15) is 19.2 Å². The molecule has 2 aliphatic rings. The average Bonchev–Trinajstić information content (AvgIpc) is 3.05. The van der Waals surface area contributed by atoms with Gasteiger partial charge < -0.3 is 14.8 Å². The van der Waals surface area contributed by atoms with E-state index in [0.29, 0.717) is 23.6 Å². The Kier molecular flexibility index (Phi) is 6.81. The minimum absolute atomic E-state index is 0.166. The molecule has 178 valence electrons. The molecule has 1 heterocycles. The molecule has 34 heavy (non-hydrogen) atoms. The summed E-state index contributed by atoms with van der Waals surface area (Å²) in [7, 11) is 0. The van der Waals surface area contributed by atoms with Crippen molar-refractivity contribution < 1.29 is 28.7 Å². The van der Waals surface area contributed by atoms with Crippen LogP contribution in [0.4, 0.5) is 4.79 Å². The number of nitrogens with one attached hydrogen (secondary N) is 2. The molecule has 4 rings (SSSR count). The second-order valence-corrected chi connectivity index (χ2v) is 8.60. The number of carbonyl (C=O) groups excluding carboxylic acids is 4. The Balaban J connectivity index is 1.33. The zero-order valence-electron chi connectivity index (χ0n) is 19.0. The van der Waals surface area contributed by atoms with E-state index in [1.165, 1.54) is 6.07 Å². The highest BCUT2D eigenvalue weighted by molar-refractivity contribution is 6.08. The average molecular weight is 466 g/mol. The van der Waals surface area contributed by atoms with Crippen LogP contribution in [0.3, 0.4) is 0 Å². The molecule has 0 unspecified atom stereocenters. The molecule has 1 aliphatic heterocycles. The van der Waals surface area contributed by atoms with Crippen LogP contribution in [0.25, 0.3) is 0 Å². The molecule has 9 heteroatoms. The Labute approximate surface area is 197 Å². The lowest BCUT2D eigenvalue weighted by atomic mass is 9.82. The first-order chi connectivity index (χ1) is 16.4. The highest BCUT2D eigenvalue weighted by Gasteiger charge is 2.52. The Morgan fingerprint density at radius 1 is 1.06 bits per heavy atom. The Hall–Kier alpha value is -3.88. The molecule has 0 atom stereocenters. The van der Waals surface area contributed by atoms with Crippen LogP contribution in [0, 0.1) is 6.92 Å². The van der Waals surface area contributed by atoms with Crippen molar-refractivity contribution in [2.45, 2.75) is 51.2 Å². The number of nitrogens with zero attached hydrogens (tertiary/aromatic N) is 1. The van der Waals surface area contributed by atoms with Gasteiger partial charge in [0.2, 0.25) is 0 Å². The summed E-state index contributed by atoms with van der Waals surface area (Å²) in [5.74, 6) is -1.70. The fourth-order valence-corrected chi connectivity index (χ4v) is 4.31. The minimum atomic E-state index is -0.952. The summed E-state index contributed by atoms with van der Waals surface area (Å²) >= 11 is 0. The Morgan fingerprint density at radius 2 is 1.82 bits per heavy atom. The van der Waals surface area contributed by atoms with Crippen molar-refractivity contribution in [1.29, 1.82) is 0 Å². The first-order valence-electron chi connectivity index (χ1n) is 11.3. The van der Waals surface area contributed by atoms with E-state index in [4.69, 9.17) is 9.47 Å². The van der Waals surface area contributed by atoms with Gasteiger partial charge in [-0.1, -0.05) is 61.2 Å². The van der Waals surface area contributed by atoms with E-state index in [1.54, 1.807) is 18.2 Å².